The van der Waals surface area contributed by atoms with Crippen LogP contribution in [0.5, 0.6) is 5.75 Å². The molecule has 0 bridgehead atoms. The Balaban J connectivity index is 1.82. The van der Waals surface area contributed by atoms with Crippen molar-refractivity contribution in [3.63, 3.8) is 0 Å². The van der Waals surface area contributed by atoms with Gasteiger partial charge < -0.3 is 14.5 Å². The first-order chi connectivity index (χ1) is 10.6. The largest absolute Gasteiger partial charge is 0.497 e. The van der Waals surface area contributed by atoms with E-state index in [4.69, 9.17) is 9.15 Å². The number of fused-ring (bicyclic) bond motifs is 1. The summed E-state index contributed by atoms with van der Waals surface area (Å²) < 4.78 is 11.2. The van der Waals surface area contributed by atoms with Gasteiger partial charge in [0, 0.05) is 22.6 Å². The Bertz CT molecular complexity index is 692. The minimum absolute atomic E-state index is 0.0231. The van der Waals surface area contributed by atoms with Crippen LogP contribution in [0.2, 0.25) is 0 Å². The monoisotopic (exact) mass is 320 g/mol. The van der Waals surface area contributed by atoms with Crippen LogP contribution in [0.1, 0.15) is 24.3 Å². The molecular weight excluding hydrogens is 300 g/mol. The molecule has 0 saturated carbocycles. The van der Waals surface area contributed by atoms with Crippen LogP contribution in [0, 0.1) is 6.92 Å². The van der Waals surface area contributed by atoms with Crippen LogP contribution in [-0.2, 0) is 4.79 Å². The highest BCUT2D eigenvalue weighted by molar-refractivity contribution is 7.99. The molecule has 2 atom stereocenters. The second kappa shape index (κ2) is 6.22. The molecule has 1 saturated heterocycles. The molecule has 118 valence electrons. The van der Waals surface area contributed by atoms with Crippen molar-refractivity contribution in [1.82, 2.24) is 10.6 Å². The quantitative estimate of drug-likeness (QED) is 0.906. The number of rotatable bonds is 4. The molecule has 1 aliphatic heterocycles. The van der Waals surface area contributed by atoms with Crippen molar-refractivity contribution in [3.8, 4) is 5.75 Å². The number of amides is 1. The molecular formula is C16H20N2O3S. The van der Waals surface area contributed by atoms with Gasteiger partial charge in [-0.3, -0.25) is 10.1 Å². The van der Waals surface area contributed by atoms with Crippen LogP contribution >= 0.6 is 11.8 Å². The fraction of sp³-hybridized carbons (Fsp3) is 0.438. The Labute approximate surface area is 133 Å². The van der Waals surface area contributed by atoms with Gasteiger partial charge in [0.25, 0.3) is 0 Å². The van der Waals surface area contributed by atoms with Crippen molar-refractivity contribution in [2.45, 2.75) is 25.9 Å². The molecule has 0 aliphatic carbocycles. The number of nitrogens with one attached hydrogen (secondary N) is 2. The third-order valence-electron chi connectivity index (χ3n) is 3.97. The van der Waals surface area contributed by atoms with Crippen molar-refractivity contribution < 1.29 is 13.9 Å². The molecule has 1 aromatic carbocycles. The molecule has 1 aliphatic rings. The highest BCUT2D eigenvalue weighted by Crippen LogP contribution is 2.32. The number of furan rings is 1. The first-order valence-electron chi connectivity index (χ1n) is 7.28. The number of benzene rings is 1. The summed E-state index contributed by atoms with van der Waals surface area (Å²) in [6, 6.07) is 5.45. The van der Waals surface area contributed by atoms with E-state index in [1.165, 1.54) is 0 Å². The third kappa shape index (κ3) is 2.80. The Morgan fingerprint density at radius 2 is 2.36 bits per heavy atom. The van der Waals surface area contributed by atoms with E-state index in [-0.39, 0.29) is 18.0 Å². The summed E-state index contributed by atoms with van der Waals surface area (Å²) in [5.74, 6) is 3.26. The van der Waals surface area contributed by atoms with Crippen LogP contribution in [0.25, 0.3) is 11.0 Å². The molecule has 5 nitrogen and oxygen atoms in total. The first kappa shape index (κ1) is 15.2. The van der Waals surface area contributed by atoms with Gasteiger partial charge in [0.05, 0.1) is 19.2 Å². The number of carbonyl (C=O) groups excluding carboxylic acids is 1. The van der Waals surface area contributed by atoms with Crippen LogP contribution in [0.15, 0.2) is 22.6 Å². The summed E-state index contributed by atoms with van der Waals surface area (Å²) in [7, 11) is 1.65. The molecule has 3 rings (SSSR count). The lowest BCUT2D eigenvalue weighted by Crippen LogP contribution is -2.42. The fourth-order valence-electron chi connectivity index (χ4n) is 2.70. The van der Waals surface area contributed by atoms with Gasteiger partial charge in [0.1, 0.15) is 17.1 Å². The van der Waals surface area contributed by atoms with Crippen LogP contribution in [0.4, 0.5) is 0 Å². The second-order valence-electron chi connectivity index (χ2n) is 5.46. The van der Waals surface area contributed by atoms with E-state index in [9.17, 15) is 4.79 Å². The van der Waals surface area contributed by atoms with Crippen molar-refractivity contribution in [2.24, 2.45) is 0 Å². The number of aryl methyl sites for hydroxylation is 1. The fourth-order valence-corrected chi connectivity index (χ4v) is 3.64. The smallest absolute Gasteiger partial charge is 0.238 e. The van der Waals surface area contributed by atoms with Gasteiger partial charge in [-0.25, -0.2) is 0 Å². The van der Waals surface area contributed by atoms with E-state index in [0.29, 0.717) is 0 Å². The first-order valence-corrected chi connectivity index (χ1v) is 8.44. The maximum Gasteiger partial charge on any atom is 0.238 e. The van der Waals surface area contributed by atoms with Gasteiger partial charge in [-0.05, 0) is 32.0 Å². The molecule has 0 radical (unpaired) electrons. The van der Waals surface area contributed by atoms with Crippen molar-refractivity contribution in [1.29, 1.82) is 0 Å². The normalized spacial score (nSPS) is 19.3. The Morgan fingerprint density at radius 3 is 3.05 bits per heavy atom. The van der Waals surface area contributed by atoms with E-state index in [0.717, 1.165) is 39.7 Å². The highest BCUT2D eigenvalue weighted by Gasteiger charge is 2.25. The highest BCUT2D eigenvalue weighted by atomic mass is 32.2. The lowest BCUT2D eigenvalue weighted by atomic mass is 10.1. The van der Waals surface area contributed by atoms with E-state index < -0.39 is 0 Å². The maximum absolute atomic E-state index is 12.2. The molecule has 2 unspecified atom stereocenters. The predicted octanol–water partition coefficient (Wildman–Crippen LogP) is 2.59. The van der Waals surface area contributed by atoms with Crippen LogP contribution in [-0.4, -0.2) is 30.7 Å². The molecule has 22 heavy (non-hydrogen) atoms. The van der Waals surface area contributed by atoms with Gasteiger partial charge in [-0.1, -0.05) is 0 Å². The zero-order chi connectivity index (χ0) is 15.7. The molecule has 1 fully saturated rings. The molecule has 1 amide bonds. The van der Waals surface area contributed by atoms with Crippen molar-refractivity contribution in [2.75, 3.05) is 18.7 Å². The average Bonchev–Trinajstić information content (AvgIpc) is 3.15. The Kier molecular flexibility index (Phi) is 4.31. The molecule has 2 aromatic rings. The van der Waals surface area contributed by atoms with Gasteiger partial charge in [0.15, 0.2) is 0 Å². The van der Waals surface area contributed by atoms with E-state index in [1.54, 1.807) is 18.9 Å². The molecule has 6 heteroatoms. The van der Waals surface area contributed by atoms with Crippen LogP contribution < -0.4 is 15.4 Å². The number of methoxy groups -OCH3 is 1. The minimum atomic E-state index is -0.168. The maximum atomic E-state index is 12.2. The van der Waals surface area contributed by atoms with Gasteiger partial charge >= 0.3 is 0 Å². The summed E-state index contributed by atoms with van der Waals surface area (Å²) in [6.45, 7) is 3.95. The number of thioether (sulfide) groups is 1. The van der Waals surface area contributed by atoms with Gasteiger partial charge in [0.2, 0.25) is 5.91 Å². The Morgan fingerprint density at radius 1 is 1.55 bits per heavy atom. The lowest BCUT2D eigenvalue weighted by molar-refractivity contribution is -0.123. The van der Waals surface area contributed by atoms with E-state index >= 15 is 0 Å². The number of hydrogen-bond donors (Lipinski definition) is 2. The molecule has 2 N–H and O–H groups in total. The third-order valence-corrected chi connectivity index (χ3v) is 4.90. The minimum Gasteiger partial charge on any atom is -0.497 e. The van der Waals surface area contributed by atoms with Crippen LogP contribution in [0.3, 0.4) is 0 Å². The zero-order valence-electron chi connectivity index (χ0n) is 12.9. The summed E-state index contributed by atoms with van der Waals surface area (Å²) in [5, 5.41) is 7.22. The lowest BCUT2D eigenvalue weighted by Gasteiger charge is -2.15. The van der Waals surface area contributed by atoms with Gasteiger partial charge in [-0.2, -0.15) is 0 Å². The van der Waals surface area contributed by atoms with Crippen molar-refractivity contribution >= 4 is 28.6 Å². The van der Waals surface area contributed by atoms with E-state index in [2.05, 4.69) is 10.6 Å². The number of carbonyl (C=O) groups is 1. The SMILES string of the molecule is COc1ccc2oc(C(C)NC(=O)C3CSCN3)c(C)c2c1. The number of ether oxygens (including phenoxy) is 1. The summed E-state index contributed by atoms with van der Waals surface area (Å²) in [6.07, 6.45) is 0. The predicted molar refractivity (Wildman–Crippen MR) is 88.3 cm³/mol. The summed E-state index contributed by atoms with van der Waals surface area (Å²) >= 11 is 1.74. The summed E-state index contributed by atoms with van der Waals surface area (Å²) in [4.78, 5) is 12.2. The second-order valence-corrected chi connectivity index (χ2v) is 6.49. The Hall–Kier alpha value is -1.66. The van der Waals surface area contributed by atoms with Gasteiger partial charge in [-0.15, -0.1) is 11.8 Å². The molecule has 2 heterocycles. The molecule has 0 spiro atoms. The molecule has 1 aromatic heterocycles. The number of hydrogen-bond acceptors (Lipinski definition) is 5. The van der Waals surface area contributed by atoms with E-state index in [1.807, 2.05) is 32.0 Å². The summed E-state index contributed by atoms with van der Waals surface area (Å²) in [5.41, 5.74) is 1.85. The van der Waals surface area contributed by atoms with Crippen molar-refractivity contribution in [3.05, 3.63) is 29.5 Å². The standard InChI is InChI=1S/C16H20N2O3S/c1-9-12-6-11(20-3)4-5-14(12)21-15(9)10(2)18-16(19)13-7-22-8-17-13/h4-6,10,13,17H,7-8H2,1-3H3,(H,18,19). The zero-order valence-corrected chi connectivity index (χ0v) is 13.8. The average molecular weight is 320 g/mol. The topological polar surface area (TPSA) is 63.5 Å².